The monoisotopic (exact) mass is 337 g/mol. The quantitative estimate of drug-likeness (QED) is 0.594. The van der Waals surface area contributed by atoms with Crippen LogP contribution in [0.25, 0.3) is 0 Å². The minimum atomic E-state index is -3.55. The number of methoxy groups -OCH3 is 1. The second kappa shape index (κ2) is 9.50. The number of aliphatic hydroxyl groups is 1. The lowest BCUT2D eigenvalue weighted by molar-refractivity contribution is 0.0689. The summed E-state index contributed by atoms with van der Waals surface area (Å²) < 4.78 is 37.1. The molecule has 2 N–H and O–H groups in total. The van der Waals surface area contributed by atoms with Gasteiger partial charge in [-0.05, 0) is 30.7 Å². The number of thiophene rings is 1. The molecule has 1 aromatic rings. The molecule has 0 fully saturated rings. The molecule has 0 aliphatic heterocycles. The zero-order valence-electron chi connectivity index (χ0n) is 12.4. The van der Waals surface area contributed by atoms with E-state index in [9.17, 15) is 13.5 Å². The molecule has 6 nitrogen and oxygen atoms in total. The van der Waals surface area contributed by atoms with Gasteiger partial charge < -0.3 is 14.6 Å². The Morgan fingerprint density at radius 1 is 1.29 bits per heavy atom. The topological polar surface area (TPSA) is 84.9 Å². The normalized spacial score (nSPS) is 12.0. The van der Waals surface area contributed by atoms with E-state index in [2.05, 4.69) is 4.72 Å². The fourth-order valence-electron chi connectivity index (χ4n) is 1.81. The number of hydrogen-bond acceptors (Lipinski definition) is 6. The molecule has 0 unspecified atom stereocenters. The Bertz CT molecular complexity index is 513. The minimum absolute atomic E-state index is 0.214. The Morgan fingerprint density at radius 3 is 2.71 bits per heavy atom. The number of aliphatic hydroxyl groups excluding tert-OH is 1. The lowest BCUT2D eigenvalue weighted by atomic mass is 10.3. The molecular formula is C13H23NO5S2. The van der Waals surface area contributed by atoms with Gasteiger partial charge in [-0.2, -0.15) is 0 Å². The first-order valence-corrected chi connectivity index (χ1v) is 9.13. The Hall–Kier alpha value is -0.510. The van der Waals surface area contributed by atoms with E-state index in [4.69, 9.17) is 9.47 Å². The highest BCUT2D eigenvalue weighted by Crippen LogP contribution is 2.26. The van der Waals surface area contributed by atoms with Gasteiger partial charge in [0.1, 0.15) is 4.90 Å². The molecule has 0 saturated heterocycles. The van der Waals surface area contributed by atoms with Crippen LogP contribution in [0.4, 0.5) is 0 Å². The molecule has 1 heterocycles. The van der Waals surface area contributed by atoms with Crippen LogP contribution in [0.5, 0.6) is 0 Å². The first-order valence-electron chi connectivity index (χ1n) is 6.77. The minimum Gasteiger partial charge on any atom is -0.391 e. The Kier molecular flexibility index (Phi) is 8.38. The number of sulfonamides is 1. The van der Waals surface area contributed by atoms with Crippen LogP contribution < -0.4 is 4.72 Å². The van der Waals surface area contributed by atoms with Crippen LogP contribution in [0.3, 0.4) is 0 Å². The average molecular weight is 337 g/mol. The van der Waals surface area contributed by atoms with Crippen molar-refractivity contribution in [3.63, 3.8) is 0 Å². The van der Waals surface area contributed by atoms with Crippen molar-refractivity contribution in [2.45, 2.75) is 31.3 Å². The summed E-state index contributed by atoms with van der Waals surface area (Å²) in [5, 5.41) is 10.9. The molecule has 0 bridgehead atoms. The third-order valence-corrected chi connectivity index (χ3v) is 5.75. The smallest absolute Gasteiger partial charge is 0.242 e. The number of aryl methyl sites for hydroxylation is 1. The SMILES string of the molecule is COCCOCCCCNS(=O)(=O)c1c(C)csc1CO. The molecular weight excluding hydrogens is 314 g/mol. The van der Waals surface area contributed by atoms with Gasteiger partial charge in [0.15, 0.2) is 0 Å². The number of rotatable bonds is 11. The van der Waals surface area contributed by atoms with Gasteiger partial charge in [0.2, 0.25) is 10.0 Å². The van der Waals surface area contributed by atoms with E-state index in [0.717, 1.165) is 6.42 Å². The molecule has 0 aliphatic carbocycles. The Morgan fingerprint density at radius 2 is 2.05 bits per heavy atom. The van der Waals surface area contributed by atoms with E-state index in [1.165, 1.54) is 11.3 Å². The molecule has 122 valence electrons. The summed E-state index contributed by atoms with van der Waals surface area (Å²) in [5.41, 5.74) is 0.666. The van der Waals surface area contributed by atoms with Crippen LogP contribution in [-0.2, 0) is 26.1 Å². The average Bonchev–Trinajstić information content (AvgIpc) is 2.83. The third-order valence-electron chi connectivity index (χ3n) is 2.84. The molecule has 0 aliphatic rings. The second-order valence-corrected chi connectivity index (χ2v) is 7.21. The Labute approximate surface area is 130 Å². The lowest BCUT2D eigenvalue weighted by Gasteiger charge is -2.08. The van der Waals surface area contributed by atoms with Crippen LogP contribution in [0.2, 0.25) is 0 Å². The van der Waals surface area contributed by atoms with E-state index in [-0.39, 0.29) is 11.5 Å². The predicted octanol–water partition coefficient (Wildman–Crippen LogP) is 1.27. The molecule has 0 amide bonds. The lowest BCUT2D eigenvalue weighted by Crippen LogP contribution is -2.26. The molecule has 0 saturated carbocycles. The van der Waals surface area contributed by atoms with Gasteiger partial charge in [-0.1, -0.05) is 0 Å². The number of hydrogen-bond donors (Lipinski definition) is 2. The van der Waals surface area contributed by atoms with Crippen molar-refractivity contribution in [1.29, 1.82) is 0 Å². The summed E-state index contributed by atoms with van der Waals surface area (Å²) in [7, 11) is -1.94. The van der Waals surface area contributed by atoms with Crippen LogP contribution >= 0.6 is 11.3 Å². The van der Waals surface area contributed by atoms with Crippen molar-refractivity contribution in [2.24, 2.45) is 0 Å². The van der Waals surface area contributed by atoms with Gasteiger partial charge >= 0.3 is 0 Å². The standard InChI is InChI=1S/C13H23NO5S2/c1-11-10-20-12(9-15)13(11)21(16,17)14-5-3-4-6-19-8-7-18-2/h10,14-15H,3-9H2,1-2H3. The zero-order valence-corrected chi connectivity index (χ0v) is 14.1. The van der Waals surface area contributed by atoms with Gasteiger partial charge in [0, 0.05) is 20.3 Å². The van der Waals surface area contributed by atoms with Crippen LogP contribution in [0.1, 0.15) is 23.3 Å². The van der Waals surface area contributed by atoms with E-state index >= 15 is 0 Å². The molecule has 0 atom stereocenters. The first-order chi connectivity index (χ1) is 10.0. The molecule has 21 heavy (non-hydrogen) atoms. The van der Waals surface area contributed by atoms with Crippen LogP contribution in [0.15, 0.2) is 10.3 Å². The second-order valence-electron chi connectivity index (χ2n) is 4.54. The molecule has 0 aromatic carbocycles. The van der Waals surface area contributed by atoms with Crippen molar-refractivity contribution >= 4 is 21.4 Å². The van der Waals surface area contributed by atoms with Gasteiger partial charge in [0.05, 0.1) is 24.7 Å². The number of unbranched alkanes of at least 4 members (excludes halogenated alkanes) is 1. The molecule has 0 radical (unpaired) electrons. The van der Waals surface area contributed by atoms with Crippen molar-refractivity contribution in [1.82, 2.24) is 4.72 Å². The zero-order chi connectivity index (χ0) is 15.7. The fraction of sp³-hybridized carbons (Fsp3) is 0.692. The molecule has 1 rings (SSSR count). The van der Waals surface area contributed by atoms with Gasteiger partial charge in [-0.25, -0.2) is 13.1 Å². The summed E-state index contributed by atoms with van der Waals surface area (Å²) in [6, 6.07) is 0. The van der Waals surface area contributed by atoms with Crippen molar-refractivity contribution < 1.29 is 23.0 Å². The van der Waals surface area contributed by atoms with Gasteiger partial charge in [0.25, 0.3) is 0 Å². The Balaban J connectivity index is 2.35. The van der Waals surface area contributed by atoms with Gasteiger partial charge in [-0.15, -0.1) is 11.3 Å². The molecule has 1 aromatic heterocycles. The van der Waals surface area contributed by atoms with E-state index in [1.54, 1.807) is 19.4 Å². The maximum absolute atomic E-state index is 12.2. The highest BCUT2D eigenvalue weighted by atomic mass is 32.2. The maximum atomic E-state index is 12.2. The summed E-state index contributed by atoms with van der Waals surface area (Å²) in [4.78, 5) is 0.689. The van der Waals surface area contributed by atoms with E-state index < -0.39 is 10.0 Å². The van der Waals surface area contributed by atoms with E-state index in [0.29, 0.717) is 43.2 Å². The number of nitrogens with one attached hydrogen (secondary N) is 1. The summed E-state index contributed by atoms with van der Waals surface area (Å²) in [5.74, 6) is 0. The van der Waals surface area contributed by atoms with Crippen LogP contribution in [0, 0.1) is 6.92 Å². The fourth-order valence-corrected chi connectivity index (χ4v) is 4.54. The molecule has 8 heteroatoms. The molecule has 0 spiro atoms. The number of ether oxygens (including phenoxy) is 2. The first kappa shape index (κ1) is 18.5. The predicted molar refractivity (Wildman–Crippen MR) is 82.1 cm³/mol. The highest BCUT2D eigenvalue weighted by molar-refractivity contribution is 7.89. The van der Waals surface area contributed by atoms with Crippen molar-refractivity contribution in [2.75, 3.05) is 33.5 Å². The largest absolute Gasteiger partial charge is 0.391 e. The summed E-state index contributed by atoms with van der Waals surface area (Å²) in [6.07, 6.45) is 1.48. The highest BCUT2D eigenvalue weighted by Gasteiger charge is 2.21. The summed E-state index contributed by atoms with van der Waals surface area (Å²) in [6.45, 7) is 3.53. The maximum Gasteiger partial charge on any atom is 0.242 e. The summed E-state index contributed by atoms with van der Waals surface area (Å²) >= 11 is 1.26. The van der Waals surface area contributed by atoms with Gasteiger partial charge in [-0.3, -0.25) is 0 Å². The third kappa shape index (κ3) is 6.01. The van der Waals surface area contributed by atoms with E-state index in [1.807, 2.05) is 0 Å². The van der Waals surface area contributed by atoms with Crippen LogP contribution in [-0.4, -0.2) is 47.0 Å². The van der Waals surface area contributed by atoms with Crippen molar-refractivity contribution in [3.8, 4) is 0 Å². The van der Waals surface area contributed by atoms with Crippen molar-refractivity contribution in [3.05, 3.63) is 15.8 Å².